The van der Waals surface area contributed by atoms with E-state index in [9.17, 15) is 24.3 Å². The van der Waals surface area contributed by atoms with Crippen molar-refractivity contribution < 1.29 is 29.0 Å². The van der Waals surface area contributed by atoms with Crippen LogP contribution in [0.5, 0.6) is 0 Å². The number of ketones is 1. The summed E-state index contributed by atoms with van der Waals surface area (Å²) in [6.07, 6.45) is -0.467. The van der Waals surface area contributed by atoms with E-state index in [1.54, 1.807) is 12.1 Å². The van der Waals surface area contributed by atoms with Gasteiger partial charge in [0.15, 0.2) is 5.78 Å². The molecule has 1 aliphatic rings. The standard InChI is InChI=1S/C43H40N2O6/c46-40(27-32(24-29-14-4-1-5-15-29)41(47)44-39(42(48)49)26-31-18-8-3-9-19-31)38(25-30-16-6-2-7-17-30)45-43(50)51-28-37-35-22-12-10-20-33(35)34-21-11-13-23-36(34)37/h1-23,32,37-39H,24-28H2,(H,44,47)(H,45,50)(H,48,49)/t32-,38+,39+/m1/s1. The van der Waals surface area contributed by atoms with E-state index in [1.807, 2.05) is 115 Å². The van der Waals surface area contributed by atoms with E-state index in [0.29, 0.717) is 0 Å². The van der Waals surface area contributed by atoms with Crippen LogP contribution < -0.4 is 10.6 Å². The molecule has 3 atom stereocenters. The summed E-state index contributed by atoms with van der Waals surface area (Å²) < 4.78 is 5.79. The van der Waals surface area contributed by atoms with Crippen LogP contribution in [0.1, 0.15) is 40.2 Å². The summed E-state index contributed by atoms with van der Waals surface area (Å²) in [7, 11) is 0. The summed E-state index contributed by atoms with van der Waals surface area (Å²) in [6, 6.07) is 41.6. The highest BCUT2D eigenvalue weighted by atomic mass is 16.5. The molecule has 0 radical (unpaired) electrons. The van der Waals surface area contributed by atoms with E-state index >= 15 is 0 Å². The number of fused-ring (bicyclic) bond motifs is 3. The molecule has 258 valence electrons. The van der Waals surface area contributed by atoms with Crippen molar-refractivity contribution in [3.05, 3.63) is 167 Å². The van der Waals surface area contributed by atoms with E-state index in [-0.39, 0.29) is 44.0 Å². The molecule has 0 unspecified atom stereocenters. The first-order valence-electron chi connectivity index (χ1n) is 17.1. The Morgan fingerprint density at radius 1 is 0.569 bits per heavy atom. The number of rotatable bonds is 15. The maximum Gasteiger partial charge on any atom is 0.407 e. The van der Waals surface area contributed by atoms with Crippen LogP contribution in [0.4, 0.5) is 4.79 Å². The van der Waals surface area contributed by atoms with Crippen molar-refractivity contribution in [2.24, 2.45) is 5.92 Å². The van der Waals surface area contributed by atoms with Crippen molar-refractivity contribution >= 4 is 23.8 Å². The molecular weight excluding hydrogens is 640 g/mol. The largest absolute Gasteiger partial charge is 0.480 e. The third kappa shape index (κ3) is 8.97. The molecule has 5 aromatic carbocycles. The Balaban J connectivity index is 1.18. The molecule has 0 fully saturated rings. The minimum absolute atomic E-state index is 0.0864. The van der Waals surface area contributed by atoms with Crippen molar-refractivity contribution in [1.82, 2.24) is 10.6 Å². The Morgan fingerprint density at radius 3 is 1.53 bits per heavy atom. The number of benzene rings is 5. The average Bonchev–Trinajstić information content (AvgIpc) is 3.47. The maximum absolute atomic E-state index is 14.1. The van der Waals surface area contributed by atoms with Gasteiger partial charge in [0.2, 0.25) is 5.91 Å². The maximum atomic E-state index is 14.1. The number of carbonyl (C=O) groups excluding carboxylic acids is 3. The first-order valence-corrected chi connectivity index (χ1v) is 17.1. The fraction of sp³-hybridized carbons (Fsp3) is 0.209. The molecule has 0 saturated carbocycles. The number of hydrogen-bond acceptors (Lipinski definition) is 5. The van der Waals surface area contributed by atoms with Crippen molar-refractivity contribution in [3.8, 4) is 11.1 Å². The molecule has 51 heavy (non-hydrogen) atoms. The molecule has 8 heteroatoms. The number of nitrogens with one attached hydrogen (secondary N) is 2. The molecule has 2 amide bonds. The Kier molecular flexibility index (Phi) is 11.3. The molecule has 5 aromatic rings. The molecule has 1 aliphatic carbocycles. The Labute approximate surface area is 297 Å². The number of aliphatic carboxylic acids is 1. The smallest absolute Gasteiger partial charge is 0.407 e. The molecular formula is C43H40N2O6. The van der Waals surface area contributed by atoms with Gasteiger partial charge < -0.3 is 20.5 Å². The number of amides is 2. The van der Waals surface area contributed by atoms with Crippen LogP contribution in [0.3, 0.4) is 0 Å². The lowest BCUT2D eigenvalue weighted by Crippen LogP contribution is -2.48. The van der Waals surface area contributed by atoms with E-state index in [0.717, 1.165) is 38.9 Å². The van der Waals surface area contributed by atoms with Crippen LogP contribution in [-0.4, -0.2) is 47.6 Å². The topological polar surface area (TPSA) is 122 Å². The Morgan fingerprint density at radius 2 is 1.02 bits per heavy atom. The summed E-state index contributed by atoms with van der Waals surface area (Å²) in [6.45, 7) is 0.0864. The van der Waals surface area contributed by atoms with Gasteiger partial charge in [-0.3, -0.25) is 9.59 Å². The number of carbonyl (C=O) groups is 4. The third-order valence-corrected chi connectivity index (χ3v) is 9.35. The third-order valence-electron chi connectivity index (χ3n) is 9.35. The fourth-order valence-electron chi connectivity index (χ4n) is 6.76. The zero-order chi connectivity index (χ0) is 35.6. The summed E-state index contributed by atoms with van der Waals surface area (Å²) in [5.41, 5.74) is 6.77. The van der Waals surface area contributed by atoms with Gasteiger partial charge >= 0.3 is 12.1 Å². The van der Waals surface area contributed by atoms with Crippen LogP contribution in [0, 0.1) is 5.92 Å². The molecule has 3 N–H and O–H groups in total. The van der Waals surface area contributed by atoms with E-state index in [2.05, 4.69) is 22.8 Å². The first-order chi connectivity index (χ1) is 24.9. The second-order valence-corrected chi connectivity index (χ2v) is 12.9. The highest BCUT2D eigenvalue weighted by Crippen LogP contribution is 2.44. The lowest BCUT2D eigenvalue weighted by atomic mass is 9.89. The van der Waals surface area contributed by atoms with Gasteiger partial charge in [-0.1, -0.05) is 140 Å². The highest BCUT2D eigenvalue weighted by molar-refractivity contribution is 5.93. The molecule has 0 saturated heterocycles. The quantitative estimate of drug-likeness (QED) is 0.112. The van der Waals surface area contributed by atoms with Crippen LogP contribution >= 0.6 is 0 Å². The highest BCUT2D eigenvalue weighted by Gasteiger charge is 2.32. The van der Waals surface area contributed by atoms with Gasteiger partial charge in [-0.05, 0) is 51.8 Å². The fourth-order valence-corrected chi connectivity index (χ4v) is 6.76. The Bertz CT molecular complexity index is 1920. The predicted molar refractivity (Wildman–Crippen MR) is 195 cm³/mol. The van der Waals surface area contributed by atoms with Gasteiger partial charge in [-0.15, -0.1) is 0 Å². The molecule has 0 spiro atoms. The van der Waals surface area contributed by atoms with Crippen molar-refractivity contribution in [2.75, 3.05) is 6.61 Å². The van der Waals surface area contributed by atoms with Crippen molar-refractivity contribution in [1.29, 1.82) is 0 Å². The number of carboxylic acid groups (broad SMARTS) is 1. The molecule has 0 heterocycles. The lowest BCUT2D eigenvalue weighted by molar-refractivity contribution is -0.142. The normalized spacial score (nSPS) is 13.6. The number of hydrogen-bond donors (Lipinski definition) is 3. The zero-order valence-electron chi connectivity index (χ0n) is 28.1. The number of ether oxygens (including phenoxy) is 1. The predicted octanol–water partition coefficient (Wildman–Crippen LogP) is 6.77. The molecule has 6 rings (SSSR count). The average molecular weight is 681 g/mol. The molecule has 8 nitrogen and oxygen atoms in total. The first kappa shape index (κ1) is 34.8. The van der Waals surface area contributed by atoms with Gasteiger partial charge in [0.05, 0.1) is 6.04 Å². The van der Waals surface area contributed by atoms with E-state index in [4.69, 9.17) is 4.74 Å². The zero-order valence-corrected chi connectivity index (χ0v) is 28.1. The van der Waals surface area contributed by atoms with Gasteiger partial charge in [0, 0.05) is 24.7 Å². The van der Waals surface area contributed by atoms with Gasteiger partial charge in [-0.2, -0.15) is 0 Å². The summed E-state index contributed by atoms with van der Waals surface area (Å²) in [5, 5.41) is 15.5. The molecule has 0 aromatic heterocycles. The van der Waals surface area contributed by atoms with Crippen molar-refractivity contribution in [2.45, 2.75) is 43.7 Å². The van der Waals surface area contributed by atoms with Crippen molar-refractivity contribution in [3.63, 3.8) is 0 Å². The summed E-state index contributed by atoms with van der Waals surface area (Å²) in [4.78, 5) is 53.6. The van der Waals surface area contributed by atoms with Crippen LogP contribution in [-0.2, 0) is 38.4 Å². The molecule has 0 bridgehead atoms. The van der Waals surface area contributed by atoms with Gasteiger partial charge in [0.25, 0.3) is 0 Å². The minimum atomic E-state index is -1.19. The SMILES string of the molecule is O=C(N[C@@H](Cc1ccccc1)C(=O)C[C@@H](Cc1ccccc1)C(=O)N[C@@H](Cc1ccccc1)C(=O)O)OCC1c2ccccc2-c2ccccc21. The monoisotopic (exact) mass is 680 g/mol. The Hall–Kier alpha value is -6.02. The summed E-state index contributed by atoms with van der Waals surface area (Å²) >= 11 is 0. The van der Waals surface area contributed by atoms with E-state index < -0.39 is 36.0 Å². The molecule has 0 aliphatic heterocycles. The number of alkyl carbamates (subject to hydrolysis) is 1. The van der Waals surface area contributed by atoms with Crippen LogP contribution in [0.25, 0.3) is 11.1 Å². The lowest BCUT2D eigenvalue weighted by Gasteiger charge is -2.23. The van der Waals surface area contributed by atoms with Gasteiger partial charge in [-0.25, -0.2) is 9.59 Å². The minimum Gasteiger partial charge on any atom is -0.480 e. The van der Waals surface area contributed by atoms with Crippen LogP contribution in [0.2, 0.25) is 0 Å². The second kappa shape index (κ2) is 16.6. The van der Waals surface area contributed by atoms with Gasteiger partial charge in [0.1, 0.15) is 12.6 Å². The number of carboxylic acids is 1. The summed E-state index contributed by atoms with van der Waals surface area (Å²) in [5.74, 6) is -3.12. The van der Waals surface area contributed by atoms with E-state index in [1.165, 1.54) is 0 Å². The van der Waals surface area contributed by atoms with Crippen LogP contribution in [0.15, 0.2) is 140 Å². The number of Topliss-reactive ketones (excluding diaryl/α,β-unsaturated/α-hetero) is 1. The second-order valence-electron chi connectivity index (χ2n) is 12.9.